The molecule has 0 heterocycles. The minimum absolute atomic E-state index is 0.0231. The summed E-state index contributed by atoms with van der Waals surface area (Å²) in [6.07, 6.45) is 0. The summed E-state index contributed by atoms with van der Waals surface area (Å²) in [5.74, 6) is 0. The molecule has 0 amide bonds. The summed E-state index contributed by atoms with van der Waals surface area (Å²) >= 11 is 0. The topological polar surface area (TPSA) is 0 Å². The second-order valence-corrected chi connectivity index (χ2v) is 8.57. The van der Waals surface area contributed by atoms with Gasteiger partial charge in [0.15, 0.2) is 0 Å². The van der Waals surface area contributed by atoms with Gasteiger partial charge in [-0.25, -0.2) is 0 Å². The van der Waals surface area contributed by atoms with Gasteiger partial charge in [0.1, 0.15) is 0 Å². The Morgan fingerprint density at radius 1 is 0.462 bits per heavy atom. The summed E-state index contributed by atoms with van der Waals surface area (Å²) in [5.41, 5.74) is 8.03. The van der Waals surface area contributed by atoms with Crippen LogP contribution in [-0.2, 0) is 10.8 Å². The van der Waals surface area contributed by atoms with Crippen LogP contribution in [0.2, 0.25) is 0 Å². The van der Waals surface area contributed by atoms with Crippen molar-refractivity contribution >= 4 is 0 Å². The van der Waals surface area contributed by atoms with E-state index in [-0.39, 0.29) is 10.8 Å². The molecule has 0 spiro atoms. The zero-order valence-corrected chi connectivity index (χ0v) is 16.9. The average molecular weight is 343 g/mol. The molecule has 3 rings (SSSR count). The highest BCUT2D eigenvalue weighted by Gasteiger charge is 2.27. The van der Waals surface area contributed by atoms with Crippen molar-refractivity contribution in [3.8, 4) is 0 Å². The van der Waals surface area contributed by atoms with E-state index in [1.165, 1.54) is 33.4 Å². The summed E-state index contributed by atoms with van der Waals surface area (Å²) in [6, 6.07) is 26.9. The monoisotopic (exact) mass is 342 g/mol. The van der Waals surface area contributed by atoms with Crippen LogP contribution in [0.3, 0.4) is 0 Å². The lowest BCUT2D eigenvalue weighted by Crippen LogP contribution is -2.23. The molecule has 0 fully saturated rings. The van der Waals surface area contributed by atoms with Crippen LogP contribution in [0.15, 0.2) is 72.8 Å². The maximum atomic E-state index is 2.39. The maximum absolute atomic E-state index is 2.39. The highest BCUT2D eigenvalue weighted by molar-refractivity contribution is 5.45. The average Bonchev–Trinajstić information content (AvgIpc) is 2.62. The van der Waals surface area contributed by atoms with Crippen LogP contribution in [0.1, 0.15) is 61.1 Å². The van der Waals surface area contributed by atoms with Crippen molar-refractivity contribution < 1.29 is 0 Å². The van der Waals surface area contributed by atoms with Crippen molar-refractivity contribution in [2.45, 2.75) is 52.4 Å². The molecule has 3 aromatic carbocycles. The van der Waals surface area contributed by atoms with E-state index >= 15 is 0 Å². The molecule has 134 valence electrons. The summed E-state index contributed by atoms with van der Waals surface area (Å²) in [7, 11) is 0. The molecule has 0 N–H and O–H groups in total. The largest absolute Gasteiger partial charge is 0.0617 e. The van der Waals surface area contributed by atoms with Gasteiger partial charge in [-0.2, -0.15) is 0 Å². The number of aryl methyl sites for hydroxylation is 2. The Morgan fingerprint density at radius 3 is 1.12 bits per heavy atom. The molecule has 0 aliphatic carbocycles. The third-order valence-corrected chi connectivity index (χ3v) is 5.79. The van der Waals surface area contributed by atoms with Crippen LogP contribution in [0.5, 0.6) is 0 Å². The van der Waals surface area contributed by atoms with Crippen molar-refractivity contribution in [1.82, 2.24) is 0 Å². The molecule has 0 aliphatic rings. The third kappa shape index (κ3) is 3.46. The fourth-order valence-electron chi connectivity index (χ4n) is 3.70. The molecule has 3 aromatic rings. The van der Waals surface area contributed by atoms with E-state index in [9.17, 15) is 0 Å². The van der Waals surface area contributed by atoms with Crippen molar-refractivity contribution in [2.24, 2.45) is 0 Å². The predicted octanol–water partition coefficient (Wildman–Crippen LogP) is 6.96. The maximum Gasteiger partial charge on any atom is 0.0146 e. The van der Waals surface area contributed by atoms with E-state index < -0.39 is 0 Å². The summed E-state index contributed by atoms with van der Waals surface area (Å²) in [5, 5.41) is 0. The first kappa shape index (κ1) is 18.5. The Bertz CT molecular complexity index is 840. The fourth-order valence-corrected chi connectivity index (χ4v) is 3.70. The molecule has 26 heavy (non-hydrogen) atoms. The lowest BCUT2D eigenvalue weighted by molar-refractivity contribution is 0.617. The van der Waals surface area contributed by atoms with Gasteiger partial charge in [0.25, 0.3) is 0 Å². The number of benzene rings is 3. The molecule has 0 saturated carbocycles. The quantitative estimate of drug-likeness (QED) is 0.481. The van der Waals surface area contributed by atoms with Gasteiger partial charge in [0, 0.05) is 10.8 Å². The highest BCUT2D eigenvalue weighted by atomic mass is 14.3. The van der Waals surface area contributed by atoms with Gasteiger partial charge in [0.05, 0.1) is 0 Å². The summed E-state index contributed by atoms with van der Waals surface area (Å²) in [6.45, 7) is 13.6. The smallest absolute Gasteiger partial charge is 0.0146 e. The van der Waals surface area contributed by atoms with Gasteiger partial charge in [-0.1, -0.05) is 112 Å². The SMILES string of the molecule is Cc1cccc(C(C)(C)c2cccc(C(C)(C)c3cccc(C)c3)c2)c1. The summed E-state index contributed by atoms with van der Waals surface area (Å²) in [4.78, 5) is 0. The lowest BCUT2D eigenvalue weighted by Gasteiger charge is -2.31. The normalized spacial score (nSPS) is 12.2. The fraction of sp³-hybridized carbons (Fsp3) is 0.308. The van der Waals surface area contributed by atoms with Gasteiger partial charge >= 0.3 is 0 Å². The first-order valence-electron chi connectivity index (χ1n) is 9.46. The van der Waals surface area contributed by atoms with Crippen LogP contribution >= 0.6 is 0 Å². The van der Waals surface area contributed by atoms with E-state index in [0.717, 1.165) is 0 Å². The standard InChI is InChI=1S/C26H30/c1-19-10-7-12-21(16-19)25(3,4)23-14-9-15-24(18-23)26(5,6)22-13-8-11-20(2)17-22/h7-18H,1-6H3. The Labute approximate surface area is 158 Å². The molecule has 0 saturated heterocycles. The first-order valence-corrected chi connectivity index (χ1v) is 9.46. The lowest BCUT2D eigenvalue weighted by atomic mass is 9.73. The molecule has 0 atom stereocenters. The Morgan fingerprint density at radius 2 is 0.769 bits per heavy atom. The number of rotatable bonds is 4. The predicted molar refractivity (Wildman–Crippen MR) is 113 cm³/mol. The van der Waals surface area contributed by atoms with Crippen LogP contribution in [0, 0.1) is 13.8 Å². The van der Waals surface area contributed by atoms with Gasteiger partial charge in [-0.3, -0.25) is 0 Å². The molecular weight excluding hydrogens is 312 g/mol. The number of hydrogen-bond acceptors (Lipinski definition) is 0. The van der Waals surface area contributed by atoms with Crippen LogP contribution in [-0.4, -0.2) is 0 Å². The van der Waals surface area contributed by atoms with Crippen LogP contribution in [0.4, 0.5) is 0 Å². The third-order valence-electron chi connectivity index (χ3n) is 5.79. The van der Waals surface area contributed by atoms with E-state index in [0.29, 0.717) is 0 Å². The molecule has 0 bridgehead atoms. The minimum Gasteiger partial charge on any atom is -0.0617 e. The van der Waals surface area contributed by atoms with Gasteiger partial charge in [-0.15, -0.1) is 0 Å². The molecule has 0 heteroatoms. The number of hydrogen-bond donors (Lipinski definition) is 0. The van der Waals surface area contributed by atoms with Gasteiger partial charge in [0.2, 0.25) is 0 Å². The molecular formula is C26H30. The first-order chi connectivity index (χ1) is 12.2. The zero-order chi connectivity index (χ0) is 18.9. The molecule has 0 radical (unpaired) electrons. The van der Waals surface area contributed by atoms with Crippen molar-refractivity contribution in [3.63, 3.8) is 0 Å². The van der Waals surface area contributed by atoms with Gasteiger partial charge in [-0.05, 0) is 36.1 Å². The van der Waals surface area contributed by atoms with E-state index in [1.54, 1.807) is 0 Å². The van der Waals surface area contributed by atoms with Crippen molar-refractivity contribution in [2.75, 3.05) is 0 Å². The zero-order valence-electron chi connectivity index (χ0n) is 16.9. The molecule has 0 aliphatic heterocycles. The van der Waals surface area contributed by atoms with Crippen LogP contribution < -0.4 is 0 Å². The summed E-state index contributed by atoms with van der Waals surface area (Å²) < 4.78 is 0. The Hall–Kier alpha value is -2.34. The molecule has 0 nitrogen and oxygen atoms in total. The minimum atomic E-state index is -0.0231. The van der Waals surface area contributed by atoms with Crippen molar-refractivity contribution in [3.05, 3.63) is 106 Å². The van der Waals surface area contributed by atoms with E-state index in [4.69, 9.17) is 0 Å². The van der Waals surface area contributed by atoms with Crippen LogP contribution in [0.25, 0.3) is 0 Å². The Kier molecular flexibility index (Phi) is 4.80. The van der Waals surface area contributed by atoms with E-state index in [1.807, 2.05) is 0 Å². The molecule has 0 aromatic heterocycles. The molecule has 0 unspecified atom stereocenters. The van der Waals surface area contributed by atoms with E-state index in [2.05, 4.69) is 114 Å². The second kappa shape index (κ2) is 6.76. The highest BCUT2D eigenvalue weighted by Crippen LogP contribution is 2.37. The Balaban J connectivity index is 2.05. The van der Waals surface area contributed by atoms with Gasteiger partial charge < -0.3 is 0 Å². The van der Waals surface area contributed by atoms with Crippen molar-refractivity contribution in [1.29, 1.82) is 0 Å². The second-order valence-electron chi connectivity index (χ2n) is 8.57.